The summed E-state index contributed by atoms with van der Waals surface area (Å²) in [4.78, 5) is 21.3. The average molecular weight is 486 g/mol. The van der Waals surface area contributed by atoms with Gasteiger partial charge in [0.2, 0.25) is 0 Å². The number of aromatic carboxylic acids is 1. The van der Waals surface area contributed by atoms with Crippen LogP contribution in [0.2, 0.25) is 5.02 Å². The van der Waals surface area contributed by atoms with Crippen LogP contribution < -0.4 is 9.47 Å². The van der Waals surface area contributed by atoms with Crippen LogP contribution in [0.15, 0.2) is 66.7 Å². The molecule has 7 nitrogen and oxygen atoms in total. The molecule has 0 heterocycles. The average Bonchev–Trinajstić information content (AvgIpc) is 2.74. The third-order valence-electron chi connectivity index (χ3n) is 4.29. The molecular formula is C21H12ClF4NO6. The topological polar surface area (TPSA) is 98.9 Å². The van der Waals surface area contributed by atoms with Gasteiger partial charge in [-0.2, -0.15) is 17.6 Å². The standard InChI is InChI=1S/C21H12ClF4NO6/c22-16-10-12(20(23,21(24,25)26)33-13-4-2-1-3-5-13)6-9-18(16)32-14-7-8-17(27(30)31)15(11-14)19(28)29/h1-11H,(H,28,29). The molecule has 0 aromatic heterocycles. The molecule has 3 aromatic carbocycles. The van der Waals surface area contributed by atoms with Gasteiger partial charge >= 0.3 is 18.0 Å². The van der Waals surface area contributed by atoms with E-state index in [0.717, 1.165) is 42.5 Å². The molecule has 0 radical (unpaired) electrons. The van der Waals surface area contributed by atoms with Crippen molar-refractivity contribution in [1.29, 1.82) is 0 Å². The number of nitro groups is 1. The lowest BCUT2D eigenvalue weighted by molar-refractivity contribution is -0.385. The van der Waals surface area contributed by atoms with Crippen LogP contribution in [-0.4, -0.2) is 22.2 Å². The third-order valence-corrected chi connectivity index (χ3v) is 4.59. The number of ether oxygens (including phenoxy) is 2. The van der Waals surface area contributed by atoms with Crippen LogP contribution in [0.25, 0.3) is 0 Å². The van der Waals surface area contributed by atoms with E-state index in [0.29, 0.717) is 6.07 Å². The molecule has 0 aliphatic heterocycles. The van der Waals surface area contributed by atoms with E-state index >= 15 is 4.39 Å². The highest BCUT2D eigenvalue weighted by atomic mass is 35.5. The van der Waals surface area contributed by atoms with Gasteiger partial charge in [-0.3, -0.25) is 10.1 Å². The minimum absolute atomic E-state index is 0.199. The summed E-state index contributed by atoms with van der Waals surface area (Å²) in [5.41, 5.74) is -2.34. The van der Waals surface area contributed by atoms with Crippen LogP contribution in [0.4, 0.5) is 23.2 Å². The number of nitrogens with zero attached hydrogens (tertiary/aromatic N) is 1. The number of halogens is 5. The summed E-state index contributed by atoms with van der Waals surface area (Å²) >= 11 is 5.98. The normalized spacial score (nSPS) is 13.1. The third kappa shape index (κ3) is 4.98. The molecule has 0 amide bonds. The summed E-state index contributed by atoms with van der Waals surface area (Å²) in [5.74, 6) is -6.66. The number of nitro benzene ring substituents is 1. The van der Waals surface area contributed by atoms with Crippen molar-refractivity contribution in [3.63, 3.8) is 0 Å². The highest BCUT2D eigenvalue weighted by molar-refractivity contribution is 6.32. The van der Waals surface area contributed by atoms with Gasteiger partial charge in [0.1, 0.15) is 22.8 Å². The number of para-hydroxylation sites is 1. The van der Waals surface area contributed by atoms with Crippen LogP contribution in [0.1, 0.15) is 15.9 Å². The van der Waals surface area contributed by atoms with Gasteiger partial charge < -0.3 is 14.6 Å². The van der Waals surface area contributed by atoms with E-state index in [1.165, 1.54) is 18.2 Å². The van der Waals surface area contributed by atoms with Crippen molar-refractivity contribution < 1.29 is 41.9 Å². The van der Waals surface area contributed by atoms with E-state index in [1.54, 1.807) is 0 Å². The first-order valence-electron chi connectivity index (χ1n) is 8.91. The van der Waals surface area contributed by atoms with E-state index in [2.05, 4.69) is 4.74 Å². The van der Waals surface area contributed by atoms with Gasteiger partial charge in [-0.15, -0.1) is 0 Å². The lowest BCUT2D eigenvalue weighted by atomic mass is 10.1. The number of alkyl halides is 4. The molecule has 0 saturated heterocycles. The Morgan fingerprint density at radius 1 is 0.970 bits per heavy atom. The lowest BCUT2D eigenvalue weighted by Gasteiger charge is -2.29. The van der Waals surface area contributed by atoms with Crippen LogP contribution in [0.3, 0.4) is 0 Å². The molecule has 172 valence electrons. The maximum Gasteiger partial charge on any atom is 0.465 e. The van der Waals surface area contributed by atoms with Crippen LogP contribution in [0.5, 0.6) is 17.2 Å². The van der Waals surface area contributed by atoms with Gasteiger partial charge in [0.15, 0.2) is 0 Å². The van der Waals surface area contributed by atoms with E-state index in [9.17, 15) is 28.1 Å². The van der Waals surface area contributed by atoms with Crippen molar-refractivity contribution in [2.24, 2.45) is 0 Å². The van der Waals surface area contributed by atoms with E-state index in [4.69, 9.17) is 21.4 Å². The maximum absolute atomic E-state index is 15.1. The Hall–Kier alpha value is -3.86. The summed E-state index contributed by atoms with van der Waals surface area (Å²) < 4.78 is 65.9. The highest BCUT2D eigenvalue weighted by Gasteiger charge is 2.60. The molecule has 0 aliphatic rings. The molecule has 3 rings (SSSR count). The number of carboxylic acids is 1. The zero-order valence-electron chi connectivity index (χ0n) is 16.2. The van der Waals surface area contributed by atoms with Gasteiger partial charge in [-0.25, -0.2) is 4.79 Å². The van der Waals surface area contributed by atoms with Crippen LogP contribution in [-0.2, 0) is 5.85 Å². The number of hydrogen-bond donors (Lipinski definition) is 1. The minimum atomic E-state index is -5.47. The van der Waals surface area contributed by atoms with Crippen molar-refractivity contribution in [3.05, 3.63) is 93.0 Å². The fraction of sp³-hybridized carbons (Fsp3) is 0.0952. The molecule has 0 spiro atoms. The second kappa shape index (κ2) is 8.94. The molecule has 1 unspecified atom stereocenters. The van der Waals surface area contributed by atoms with Gasteiger partial charge in [-0.05, 0) is 36.4 Å². The van der Waals surface area contributed by atoms with Crippen molar-refractivity contribution >= 4 is 23.3 Å². The second-order valence-electron chi connectivity index (χ2n) is 6.50. The molecular weight excluding hydrogens is 474 g/mol. The molecule has 1 N–H and O–H groups in total. The maximum atomic E-state index is 15.1. The zero-order valence-corrected chi connectivity index (χ0v) is 16.9. The Morgan fingerprint density at radius 3 is 2.18 bits per heavy atom. The SMILES string of the molecule is O=C(O)c1cc(Oc2ccc(C(F)(Oc3ccccc3)C(F)(F)F)cc2Cl)ccc1[N+](=O)[O-]. The first-order chi connectivity index (χ1) is 15.4. The van der Waals surface area contributed by atoms with Gasteiger partial charge in [0, 0.05) is 17.7 Å². The molecule has 0 aliphatic carbocycles. The summed E-state index contributed by atoms with van der Waals surface area (Å²) in [6, 6.07) is 11.6. The smallest absolute Gasteiger partial charge is 0.465 e. The first kappa shape index (κ1) is 23.8. The number of carbonyl (C=O) groups is 1. The van der Waals surface area contributed by atoms with Gasteiger partial charge in [-0.1, -0.05) is 29.8 Å². The summed E-state index contributed by atoms with van der Waals surface area (Å²) in [6.45, 7) is 0. The van der Waals surface area contributed by atoms with Crippen LogP contribution in [0, 0.1) is 10.1 Å². The monoisotopic (exact) mass is 485 g/mol. The Labute approximate surface area is 187 Å². The van der Waals surface area contributed by atoms with E-state index < -0.39 is 44.8 Å². The predicted molar refractivity (Wildman–Crippen MR) is 107 cm³/mol. The van der Waals surface area contributed by atoms with Crippen molar-refractivity contribution in [1.82, 2.24) is 0 Å². The number of carboxylic acid groups (broad SMARTS) is 1. The Morgan fingerprint density at radius 2 is 1.64 bits per heavy atom. The fourth-order valence-electron chi connectivity index (χ4n) is 2.75. The fourth-order valence-corrected chi connectivity index (χ4v) is 2.97. The van der Waals surface area contributed by atoms with Crippen LogP contribution >= 0.6 is 11.6 Å². The number of rotatable bonds is 7. The molecule has 1 atom stereocenters. The largest absolute Gasteiger partial charge is 0.477 e. The van der Waals surface area contributed by atoms with Crippen molar-refractivity contribution in [2.75, 3.05) is 0 Å². The molecule has 3 aromatic rings. The second-order valence-corrected chi connectivity index (χ2v) is 6.90. The minimum Gasteiger partial charge on any atom is -0.477 e. The predicted octanol–water partition coefficient (Wildman–Crippen LogP) is 6.50. The van der Waals surface area contributed by atoms with E-state index in [1.807, 2.05) is 0 Å². The molecule has 12 heteroatoms. The van der Waals surface area contributed by atoms with Gasteiger partial charge in [0.05, 0.1) is 9.95 Å². The molecule has 0 saturated carbocycles. The summed E-state index contributed by atoms with van der Waals surface area (Å²) in [5, 5.41) is 19.6. The zero-order chi connectivity index (χ0) is 24.4. The molecule has 0 fully saturated rings. The summed E-state index contributed by atoms with van der Waals surface area (Å²) in [7, 11) is 0. The first-order valence-corrected chi connectivity index (χ1v) is 9.29. The Balaban J connectivity index is 1.95. The Kier molecular flexibility index (Phi) is 6.45. The Bertz CT molecular complexity index is 1210. The quantitative estimate of drug-likeness (QED) is 0.233. The van der Waals surface area contributed by atoms with Crippen molar-refractivity contribution in [2.45, 2.75) is 12.0 Å². The lowest BCUT2D eigenvalue weighted by Crippen LogP contribution is -2.43. The highest BCUT2D eigenvalue weighted by Crippen LogP contribution is 2.46. The van der Waals surface area contributed by atoms with E-state index in [-0.39, 0.29) is 17.2 Å². The number of benzene rings is 3. The van der Waals surface area contributed by atoms with Gasteiger partial charge in [0.25, 0.3) is 5.69 Å². The number of hydrogen-bond acceptors (Lipinski definition) is 5. The molecule has 0 bridgehead atoms. The van der Waals surface area contributed by atoms with Crippen molar-refractivity contribution in [3.8, 4) is 17.2 Å². The molecule has 33 heavy (non-hydrogen) atoms. The summed E-state index contributed by atoms with van der Waals surface area (Å²) in [6.07, 6.45) is -5.47.